The number of carbonyl (C=O) groups excluding carboxylic acids is 2. The summed E-state index contributed by atoms with van der Waals surface area (Å²) in [4.78, 5) is 23.3. The van der Waals surface area contributed by atoms with E-state index in [-0.39, 0.29) is 47.0 Å². The summed E-state index contributed by atoms with van der Waals surface area (Å²) >= 11 is 0. The van der Waals surface area contributed by atoms with E-state index in [4.69, 9.17) is 0 Å². The van der Waals surface area contributed by atoms with Crippen LogP contribution in [0.15, 0.2) is 42.5 Å². The largest absolute Gasteiger partial charge is 1.00 e. The third kappa shape index (κ3) is 6.09. The standard InChI is InChI=1S/C22H21F3O4.Na/c1-13(21(27)28)15-5-6-16(11-17-3-2-4-20(17)26)19(12-15)14-7-9-18(10-8-14)29-22(23,24)25;/h5-10,12-13,17H,2-4,11H2,1H3,(H,27,28);/q;+1/p-1. The third-order valence-corrected chi connectivity index (χ3v) is 5.28. The molecule has 0 aromatic heterocycles. The van der Waals surface area contributed by atoms with Crippen molar-refractivity contribution in [3.63, 3.8) is 0 Å². The van der Waals surface area contributed by atoms with E-state index in [2.05, 4.69) is 4.74 Å². The summed E-state index contributed by atoms with van der Waals surface area (Å²) in [6.07, 6.45) is -2.06. The summed E-state index contributed by atoms with van der Waals surface area (Å²) in [5, 5.41) is 11.3. The van der Waals surface area contributed by atoms with Crippen LogP contribution < -0.4 is 39.4 Å². The second kappa shape index (κ2) is 9.98. The van der Waals surface area contributed by atoms with Crippen molar-refractivity contribution < 1.29 is 62.2 Å². The van der Waals surface area contributed by atoms with Crippen LogP contribution in [0.5, 0.6) is 5.75 Å². The van der Waals surface area contributed by atoms with Crippen molar-refractivity contribution in [3.05, 3.63) is 53.6 Å². The normalized spacial score (nSPS) is 17.3. The van der Waals surface area contributed by atoms with Gasteiger partial charge in [-0.25, -0.2) is 0 Å². The molecule has 1 fully saturated rings. The summed E-state index contributed by atoms with van der Waals surface area (Å²) in [7, 11) is 0. The van der Waals surface area contributed by atoms with Gasteiger partial charge in [-0.2, -0.15) is 0 Å². The Bertz CT molecular complexity index is 910. The first-order chi connectivity index (χ1) is 13.6. The van der Waals surface area contributed by atoms with Gasteiger partial charge in [0.25, 0.3) is 0 Å². The maximum absolute atomic E-state index is 12.4. The van der Waals surface area contributed by atoms with Crippen LogP contribution in [0, 0.1) is 5.92 Å². The molecule has 1 aliphatic rings. The fraction of sp³-hybridized carbons (Fsp3) is 0.364. The van der Waals surface area contributed by atoms with Gasteiger partial charge in [-0.3, -0.25) is 4.79 Å². The van der Waals surface area contributed by atoms with Gasteiger partial charge < -0.3 is 14.6 Å². The van der Waals surface area contributed by atoms with E-state index in [0.717, 1.165) is 18.4 Å². The Kier molecular flexibility index (Phi) is 8.13. The molecule has 30 heavy (non-hydrogen) atoms. The first-order valence-corrected chi connectivity index (χ1v) is 9.36. The van der Waals surface area contributed by atoms with E-state index in [0.29, 0.717) is 29.5 Å². The predicted octanol–water partition coefficient (Wildman–Crippen LogP) is 1.02. The van der Waals surface area contributed by atoms with Crippen molar-refractivity contribution in [1.82, 2.24) is 0 Å². The van der Waals surface area contributed by atoms with Crippen LogP contribution >= 0.6 is 0 Å². The zero-order valence-corrected chi connectivity index (χ0v) is 18.8. The predicted molar refractivity (Wildman–Crippen MR) is 98.0 cm³/mol. The maximum atomic E-state index is 12.4. The zero-order valence-electron chi connectivity index (χ0n) is 16.8. The Labute approximate surface area is 194 Å². The van der Waals surface area contributed by atoms with Crippen molar-refractivity contribution in [3.8, 4) is 16.9 Å². The van der Waals surface area contributed by atoms with Crippen LogP contribution in [0.4, 0.5) is 13.2 Å². The summed E-state index contributed by atoms with van der Waals surface area (Å²) in [5.74, 6) is -2.29. The van der Waals surface area contributed by atoms with E-state index in [1.165, 1.54) is 31.2 Å². The Morgan fingerprint density at radius 2 is 1.87 bits per heavy atom. The van der Waals surface area contributed by atoms with Gasteiger partial charge in [0.15, 0.2) is 0 Å². The van der Waals surface area contributed by atoms with Crippen LogP contribution in [-0.2, 0) is 16.0 Å². The molecule has 154 valence electrons. The SMILES string of the molecule is CC(C(=O)[O-])c1ccc(CC2CCCC2=O)c(-c2ccc(OC(F)(F)F)cc2)c1.[Na+]. The number of carbonyl (C=O) groups is 2. The number of rotatable bonds is 6. The van der Waals surface area contributed by atoms with Crippen molar-refractivity contribution in [2.75, 3.05) is 0 Å². The van der Waals surface area contributed by atoms with Crippen molar-refractivity contribution in [2.24, 2.45) is 5.92 Å². The molecule has 2 aromatic rings. The quantitative estimate of drug-likeness (QED) is 0.645. The van der Waals surface area contributed by atoms with Gasteiger partial charge in [0, 0.05) is 24.2 Å². The second-order valence-corrected chi connectivity index (χ2v) is 7.29. The Morgan fingerprint density at radius 1 is 1.20 bits per heavy atom. The molecule has 3 rings (SSSR count). The molecular weight excluding hydrogens is 408 g/mol. The number of hydrogen-bond donors (Lipinski definition) is 0. The number of ketones is 1. The Morgan fingerprint density at radius 3 is 2.40 bits per heavy atom. The summed E-state index contributed by atoms with van der Waals surface area (Å²) in [6, 6.07) is 10.6. The first-order valence-electron chi connectivity index (χ1n) is 9.36. The van der Waals surface area contributed by atoms with Crippen molar-refractivity contribution >= 4 is 11.8 Å². The number of halogens is 3. The van der Waals surface area contributed by atoms with E-state index < -0.39 is 18.2 Å². The number of ether oxygens (including phenoxy) is 1. The van der Waals surface area contributed by atoms with Crippen LogP contribution in [-0.4, -0.2) is 18.1 Å². The minimum absolute atomic E-state index is 0. The molecule has 1 aliphatic carbocycles. The average Bonchev–Trinajstić information content (AvgIpc) is 3.05. The molecule has 0 radical (unpaired) electrons. The monoisotopic (exact) mass is 428 g/mol. The van der Waals surface area contributed by atoms with Crippen molar-refractivity contribution in [1.29, 1.82) is 0 Å². The molecule has 0 bridgehead atoms. The minimum Gasteiger partial charge on any atom is -0.550 e. The molecule has 0 N–H and O–H groups in total. The molecule has 4 nitrogen and oxygen atoms in total. The smallest absolute Gasteiger partial charge is 0.550 e. The van der Waals surface area contributed by atoms with Gasteiger partial charge >= 0.3 is 35.9 Å². The van der Waals surface area contributed by atoms with E-state index in [9.17, 15) is 27.9 Å². The van der Waals surface area contributed by atoms with E-state index >= 15 is 0 Å². The van der Waals surface area contributed by atoms with Crippen LogP contribution in [0.2, 0.25) is 0 Å². The number of carboxylic acid groups (broad SMARTS) is 1. The summed E-state index contributed by atoms with van der Waals surface area (Å²) in [6.45, 7) is 1.51. The molecule has 0 spiro atoms. The van der Waals surface area contributed by atoms with Crippen LogP contribution in [0.3, 0.4) is 0 Å². The summed E-state index contributed by atoms with van der Waals surface area (Å²) < 4.78 is 41.1. The zero-order chi connectivity index (χ0) is 21.2. The summed E-state index contributed by atoms with van der Waals surface area (Å²) in [5.41, 5.74) is 2.68. The van der Waals surface area contributed by atoms with E-state index in [1.807, 2.05) is 0 Å². The van der Waals surface area contributed by atoms with Gasteiger partial charge in [-0.1, -0.05) is 37.3 Å². The molecule has 0 amide bonds. The topological polar surface area (TPSA) is 66.4 Å². The number of hydrogen-bond acceptors (Lipinski definition) is 4. The average molecular weight is 428 g/mol. The van der Waals surface area contributed by atoms with Gasteiger partial charge in [-0.05, 0) is 53.6 Å². The van der Waals surface area contributed by atoms with Gasteiger partial charge in [0.2, 0.25) is 0 Å². The maximum Gasteiger partial charge on any atom is 1.00 e. The molecule has 1 saturated carbocycles. The van der Waals surface area contributed by atoms with E-state index in [1.54, 1.807) is 18.2 Å². The molecule has 0 aliphatic heterocycles. The molecule has 0 saturated heterocycles. The molecular formula is C22H20F3NaO4. The number of carboxylic acids is 1. The molecule has 2 unspecified atom stereocenters. The molecule has 2 atom stereocenters. The van der Waals surface area contributed by atoms with Crippen molar-refractivity contribution in [2.45, 2.75) is 44.9 Å². The van der Waals surface area contributed by atoms with Gasteiger partial charge in [0.1, 0.15) is 11.5 Å². The van der Waals surface area contributed by atoms with Crippen LogP contribution in [0.25, 0.3) is 11.1 Å². The number of alkyl halides is 3. The number of aliphatic carboxylic acids is 1. The first kappa shape index (κ1) is 24.4. The van der Waals surface area contributed by atoms with Crippen LogP contribution in [0.1, 0.15) is 43.2 Å². The van der Waals surface area contributed by atoms with Gasteiger partial charge in [-0.15, -0.1) is 13.2 Å². The minimum atomic E-state index is -4.78. The Hall–Kier alpha value is -1.83. The number of benzene rings is 2. The molecule has 2 aromatic carbocycles. The second-order valence-electron chi connectivity index (χ2n) is 7.29. The molecule has 8 heteroatoms. The third-order valence-electron chi connectivity index (χ3n) is 5.28. The van der Waals surface area contributed by atoms with Gasteiger partial charge in [0.05, 0.1) is 0 Å². The fourth-order valence-electron chi connectivity index (χ4n) is 3.65. The Balaban J connectivity index is 0.00000320. The number of Topliss-reactive ketones (excluding diaryl/α,β-unsaturated/α-hetero) is 1. The molecule has 0 heterocycles. The fourth-order valence-corrected chi connectivity index (χ4v) is 3.65.